The highest BCUT2D eigenvalue weighted by Crippen LogP contribution is 2.29. The summed E-state index contributed by atoms with van der Waals surface area (Å²) in [5.41, 5.74) is 7.11. The molecule has 1 aromatic rings. The number of benzene rings is 1. The van der Waals surface area contributed by atoms with Gasteiger partial charge in [0.15, 0.2) is 0 Å². The maximum absolute atomic E-state index is 11.5. The second kappa shape index (κ2) is 8.38. The lowest BCUT2D eigenvalue weighted by molar-refractivity contribution is -0.143. The summed E-state index contributed by atoms with van der Waals surface area (Å²) < 4.78 is 5.74. The normalized spacial score (nSPS) is 12.0. The van der Waals surface area contributed by atoms with Gasteiger partial charge in [-0.05, 0) is 44.0 Å². The van der Waals surface area contributed by atoms with E-state index in [0.717, 1.165) is 15.6 Å². The van der Waals surface area contributed by atoms with E-state index < -0.39 is 11.5 Å². The highest BCUT2D eigenvalue weighted by molar-refractivity contribution is 9.10. The van der Waals surface area contributed by atoms with Gasteiger partial charge in [-0.25, -0.2) is 0 Å². The highest BCUT2D eigenvalue weighted by atomic mass is 79.9. The lowest BCUT2D eigenvalue weighted by Crippen LogP contribution is -2.19. The van der Waals surface area contributed by atoms with Crippen LogP contribution in [0.4, 0.5) is 0 Å². The Bertz CT molecular complexity index is 541. The van der Waals surface area contributed by atoms with E-state index in [9.17, 15) is 10.1 Å². The molecule has 0 aliphatic heterocycles. The van der Waals surface area contributed by atoms with Crippen LogP contribution in [0.1, 0.15) is 44.4 Å². The minimum Gasteiger partial charge on any atom is -0.466 e. The fraction of sp³-hybridized carbons (Fsp3) is 0.467. The summed E-state index contributed by atoms with van der Waals surface area (Å²) in [6.07, 6.45) is 0.122. The van der Waals surface area contributed by atoms with Crippen LogP contribution in [0.5, 0.6) is 0 Å². The fourth-order valence-electron chi connectivity index (χ4n) is 1.77. The Morgan fingerprint density at radius 2 is 2.10 bits per heavy atom. The molecule has 0 radical (unpaired) electrons. The molecular formula is C15H20BrClN2O2. The van der Waals surface area contributed by atoms with Crippen LogP contribution in [-0.4, -0.2) is 12.6 Å². The van der Waals surface area contributed by atoms with Gasteiger partial charge in [0.25, 0.3) is 0 Å². The lowest BCUT2D eigenvalue weighted by atomic mass is 9.84. The monoisotopic (exact) mass is 374 g/mol. The number of hydrogen-bond donors (Lipinski definition) is 1. The first kappa shape index (κ1) is 19.9. The third kappa shape index (κ3) is 5.66. The molecule has 0 saturated carbocycles. The smallest absolute Gasteiger partial charge is 0.307 e. The van der Waals surface area contributed by atoms with Crippen LogP contribution >= 0.6 is 28.3 Å². The van der Waals surface area contributed by atoms with E-state index in [1.165, 1.54) is 0 Å². The lowest BCUT2D eigenvalue weighted by Gasteiger charge is -2.19. The van der Waals surface area contributed by atoms with E-state index >= 15 is 0 Å². The standard InChI is InChI=1S/C15H19BrN2O2.ClH/c1-4-20-14(19)8-13(18)10-5-11(7-12(16)6-10)15(2,3)9-17;/h5-7,13H,4,8,18H2,1-3H3;1H/t13-;/m0./s1. The first-order chi connectivity index (χ1) is 9.30. The Morgan fingerprint density at radius 3 is 2.62 bits per heavy atom. The Labute approximate surface area is 140 Å². The van der Waals surface area contributed by atoms with E-state index in [1.807, 2.05) is 32.0 Å². The molecule has 6 heteroatoms. The van der Waals surface area contributed by atoms with Crippen LogP contribution in [0.15, 0.2) is 22.7 Å². The van der Waals surface area contributed by atoms with E-state index in [1.54, 1.807) is 6.92 Å². The molecule has 0 fully saturated rings. The molecule has 4 nitrogen and oxygen atoms in total. The molecule has 1 atom stereocenters. The molecule has 0 aliphatic rings. The summed E-state index contributed by atoms with van der Waals surface area (Å²) in [6.45, 7) is 5.79. The molecule has 0 unspecified atom stereocenters. The fourth-order valence-corrected chi connectivity index (χ4v) is 2.28. The molecule has 0 spiro atoms. The number of rotatable bonds is 5. The predicted octanol–water partition coefficient (Wildman–Crippen LogP) is 3.63. The van der Waals surface area contributed by atoms with E-state index in [0.29, 0.717) is 6.61 Å². The molecule has 0 aromatic heterocycles. The van der Waals surface area contributed by atoms with E-state index in [2.05, 4.69) is 22.0 Å². The van der Waals surface area contributed by atoms with Gasteiger partial charge in [0, 0.05) is 10.5 Å². The number of carbonyl (C=O) groups is 1. The van der Waals surface area contributed by atoms with Crippen molar-refractivity contribution < 1.29 is 9.53 Å². The average Bonchev–Trinajstić information content (AvgIpc) is 2.38. The third-order valence-corrected chi connectivity index (χ3v) is 3.50. The van der Waals surface area contributed by atoms with Crippen LogP contribution < -0.4 is 5.73 Å². The minimum absolute atomic E-state index is 0. The molecule has 0 heterocycles. The maximum atomic E-state index is 11.5. The predicted molar refractivity (Wildman–Crippen MR) is 88.2 cm³/mol. The van der Waals surface area contributed by atoms with Crippen LogP contribution in [0.25, 0.3) is 0 Å². The molecule has 0 saturated heterocycles. The second-order valence-corrected chi connectivity index (χ2v) is 6.04. The summed E-state index contributed by atoms with van der Waals surface area (Å²) in [7, 11) is 0. The third-order valence-electron chi connectivity index (χ3n) is 3.04. The van der Waals surface area contributed by atoms with Gasteiger partial charge < -0.3 is 10.5 Å². The van der Waals surface area contributed by atoms with Crippen LogP contribution in [0, 0.1) is 11.3 Å². The van der Waals surface area contributed by atoms with Gasteiger partial charge in [0.1, 0.15) is 0 Å². The molecule has 21 heavy (non-hydrogen) atoms. The number of carbonyl (C=O) groups excluding carboxylic acids is 1. The summed E-state index contributed by atoms with van der Waals surface area (Å²) in [4.78, 5) is 11.5. The molecular weight excluding hydrogens is 356 g/mol. The average molecular weight is 376 g/mol. The van der Waals surface area contributed by atoms with Crippen molar-refractivity contribution in [3.8, 4) is 6.07 Å². The number of hydrogen-bond acceptors (Lipinski definition) is 4. The molecule has 1 aromatic carbocycles. The van der Waals surface area contributed by atoms with Crippen molar-refractivity contribution in [2.75, 3.05) is 6.61 Å². The Kier molecular flexibility index (Phi) is 7.94. The summed E-state index contributed by atoms with van der Waals surface area (Å²) in [5, 5.41) is 9.21. The molecule has 1 rings (SSSR count). The number of esters is 1. The second-order valence-electron chi connectivity index (χ2n) is 5.13. The Hall–Kier alpha value is -1.09. The van der Waals surface area contributed by atoms with Gasteiger partial charge in [-0.15, -0.1) is 12.4 Å². The van der Waals surface area contributed by atoms with Gasteiger partial charge in [-0.3, -0.25) is 4.79 Å². The van der Waals surface area contributed by atoms with Crippen molar-refractivity contribution in [2.45, 2.75) is 38.6 Å². The van der Waals surface area contributed by atoms with Gasteiger partial charge >= 0.3 is 5.97 Å². The zero-order valence-electron chi connectivity index (χ0n) is 12.4. The summed E-state index contributed by atoms with van der Waals surface area (Å²) in [5.74, 6) is -0.318. The minimum atomic E-state index is -0.609. The van der Waals surface area contributed by atoms with Crippen LogP contribution in [-0.2, 0) is 14.9 Å². The van der Waals surface area contributed by atoms with Gasteiger partial charge in [-0.1, -0.05) is 22.0 Å². The Balaban J connectivity index is 0.00000400. The van der Waals surface area contributed by atoms with Crippen molar-refractivity contribution in [2.24, 2.45) is 5.73 Å². The number of nitriles is 1. The highest BCUT2D eigenvalue weighted by Gasteiger charge is 2.22. The SMILES string of the molecule is CCOC(=O)C[C@H](N)c1cc(Br)cc(C(C)(C)C#N)c1.Cl. The van der Waals surface area contributed by atoms with Crippen molar-refractivity contribution in [3.63, 3.8) is 0 Å². The van der Waals surface area contributed by atoms with Crippen molar-refractivity contribution in [3.05, 3.63) is 33.8 Å². The zero-order chi connectivity index (χ0) is 15.3. The van der Waals surface area contributed by atoms with Gasteiger partial charge in [0.2, 0.25) is 0 Å². The van der Waals surface area contributed by atoms with Gasteiger partial charge in [-0.2, -0.15) is 5.26 Å². The molecule has 2 N–H and O–H groups in total. The number of ether oxygens (including phenoxy) is 1. The summed E-state index contributed by atoms with van der Waals surface area (Å²) >= 11 is 3.42. The molecule has 0 aliphatic carbocycles. The maximum Gasteiger partial charge on any atom is 0.307 e. The zero-order valence-corrected chi connectivity index (χ0v) is 14.8. The number of nitrogens with zero attached hydrogens (tertiary/aromatic N) is 1. The number of nitrogens with two attached hydrogens (primary N) is 1. The molecule has 0 bridgehead atoms. The molecule has 0 amide bonds. The van der Waals surface area contributed by atoms with Crippen LogP contribution in [0.3, 0.4) is 0 Å². The van der Waals surface area contributed by atoms with E-state index in [4.69, 9.17) is 10.5 Å². The first-order valence-electron chi connectivity index (χ1n) is 6.43. The van der Waals surface area contributed by atoms with E-state index in [-0.39, 0.29) is 24.8 Å². The molecule has 116 valence electrons. The van der Waals surface area contributed by atoms with Crippen molar-refractivity contribution in [1.82, 2.24) is 0 Å². The largest absolute Gasteiger partial charge is 0.466 e. The first-order valence-corrected chi connectivity index (χ1v) is 7.23. The van der Waals surface area contributed by atoms with Crippen LogP contribution in [0.2, 0.25) is 0 Å². The quantitative estimate of drug-likeness (QED) is 0.797. The summed E-state index contributed by atoms with van der Waals surface area (Å²) in [6, 6.07) is 7.44. The topological polar surface area (TPSA) is 76.1 Å². The Morgan fingerprint density at radius 1 is 1.48 bits per heavy atom. The van der Waals surface area contributed by atoms with Gasteiger partial charge in [0.05, 0.1) is 24.5 Å². The number of halogens is 2. The van der Waals surface area contributed by atoms with Crippen molar-refractivity contribution in [1.29, 1.82) is 5.26 Å². The van der Waals surface area contributed by atoms with Crippen molar-refractivity contribution >= 4 is 34.3 Å².